The maximum absolute atomic E-state index is 12.7. The van der Waals surface area contributed by atoms with E-state index in [1.54, 1.807) is 0 Å². The summed E-state index contributed by atoms with van der Waals surface area (Å²) in [4.78, 5) is 13.9. The molecule has 0 radical (unpaired) electrons. The molecule has 0 atom stereocenters. The lowest BCUT2D eigenvalue weighted by Crippen LogP contribution is -2.02. The Balaban J connectivity index is 3.33. The third kappa shape index (κ3) is 1.53. The number of carboxylic acids is 1. The highest BCUT2D eigenvalue weighted by Crippen LogP contribution is 2.16. The van der Waals surface area contributed by atoms with E-state index in [0.717, 1.165) is 6.07 Å². The first kappa shape index (κ1) is 8.93. The van der Waals surface area contributed by atoms with Gasteiger partial charge in [-0.3, -0.25) is 0 Å². The summed E-state index contributed by atoms with van der Waals surface area (Å²) < 4.78 is 12.7. The van der Waals surface area contributed by atoms with E-state index in [-0.39, 0.29) is 16.4 Å². The summed E-state index contributed by atoms with van der Waals surface area (Å²) in [5.41, 5.74) is -0.232. The van der Waals surface area contributed by atoms with Crippen molar-refractivity contribution in [3.05, 3.63) is 28.3 Å². The molecule has 0 aliphatic rings. The van der Waals surface area contributed by atoms with Gasteiger partial charge in [0.1, 0.15) is 11.0 Å². The lowest BCUT2D eigenvalue weighted by atomic mass is 10.2. The maximum Gasteiger partial charge on any atom is 0.338 e. The van der Waals surface area contributed by atoms with Crippen LogP contribution in [0, 0.1) is 12.7 Å². The standard InChI is InChI=1S/C7H5ClFNO2/c1-3-5(9)2-4(7(11)12)6(8)10-3/h2H,1H3,(H,11,12). The van der Waals surface area contributed by atoms with Gasteiger partial charge in [0, 0.05) is 0 Å². The lowest BCUT2D eigenvalue weighted by Gasteiger charge is -1.99. The molecule has 5 heteroatoms. The number of carboxylic acid groups (broad SMARTS) is 1. The molecule has 1 heterocycles. The van der Waals surface area contributed by atoms with Crippen molar-refractivity contribution < 1.29 is 14.3 Å². The summed E-state index contributed by atoms with van der Waals surface area (Å²) in [6.07, 6.45) is 0. The second-order valence-corrected chi connectivity index (χ2v) is 2.56. The van der Waals surface area contributed by atoms with E-state index in [1.165, 1.54) is 6.92 Å². The zero-order chi connectivity index (χ0) is 9.30. The average Bonchev–Trinajstić information content (AvgIpc) is 1.96. The number of aromatic nitrogens is 1. The van der Waals surface area contributed by atoms with Crippen LogP contribution < -0.4 is 0 Å². The highest BCUT2D eigenvalue weighted by molar-refractivity contribution is 6.32. The van der Waals surface area contributed by atoms with Gasteiger partial charge in [-0.15, -0.1) is 0 Å². The van der Waals surface area contributed by atoms with Gasteiger partial charge in [0.2, 0.25) is 0 Å². The molecule has 1 N–H and O–H groups in total. The van der Waals surface area contributed by atoms with Gasteiger partial charge in [0.05, 0.1) is 11.3 Å². The molecule has 0 aromatic carbocycles. The van der Waals surface area contributed by atoms with Crippen LogP contribution >= 0.6 is 11.6 Å². The van der Waals surface area contributed by atoms with Crippen LogP contribution in [0.4, 0.5) is 4.39 Å². The van der Waals surface area contributed by atoms with Gasteiger partial charge in [-0.2, -0.15) is 0 Å². The molecule has 0 spiro atoms. The maximum atomic E-state index is 12.7. The minimum Gasteiger partial charge on any atom is -0.478 e. The molecule has 0 saturated carbocycles. The van der Waals surface area contributed by atoms with Crippen LogP contribution in [-0.2, 0) is 0 Å². The Bertz CT molecular complexity index is 340. The van der Waals surface area contributed by atoms with Crippen molar-refractivity contribution in [3.63, 3.8) is 0 Å². The smallest absolute Gasteiger partial charge is 0.338 e. The number of nitrogens with zero attached hydrogens (tertiary/aromatic N) is 1. The number of pyridine rings is 1. The molecule has 1 aromatic rings. The molecule has 0 saturated heterocycles. The summed E-state index contributed by atoms with van der Waals surface area (Å²) >= 11 is 5.44. The van der Waals surface area contributed by atoms with Gasteiger partial charge < -0.3 is 5.11 Å². The predicted molar refractivity (Wildman–Crippen MR) is 40.9 cm³/mol. The Morgan fingerprint density at radius 1 is 1.75 bits per heavy atom. The topological polar surface area (TPSA) is 50.2 Å². The molecule has 0 aliphatic carbocycles. The molecule has 0 unspecified atom stereocenters. The zero-order valence-electron chi connectivity index (χ0n) is 6.14. The second kappa shape index (κ2) is 3.06. The monoisotopic (exact) mass is 189 g/mol. The van der Waals surface area contributed by atoms with Crippen molar-refractivity contribution in [2.24, 2.45) is 0 Å². The molecule has 0 amide bonds. The Hall–Kier alpha value is -1.16. The number of aryl methyl sites for hydroxylation is 1. The van der Waals surface area contributed by atoms with E-state index < -0.39 is 11.8 Å². The molecule has 3 nitrogen and oxygen atoms in total. The molecule has 1 aromatic heterocycles. The number of carbonyl (C=O) groups is 1. The minimum absolute atomic E-state index is 0.0880. The number of rotatable bonds is 1. The van der Waals surface area contributed by atoms with Gasteiger partial charge in [-0.25, -0.2) is 14.2 Å². The van der Waals surface area contributed by atoms with Crippen molar-refractivity contribution in [2.75, 3.05) is 0 Å². The fourth-order valence-corrected chi connectivity index (χ4v) is 0.964. The number of halogens is 2. The summed E-state index contributed by atoms with van der Waals surface area (Å²) in [6, 6.07) is 0.854. The van der Waals surface area contributed by atoms with Crippen LogP contribution in [0.15, 0.2) is 6.07 Å². The summed E-state index contributed by atoms with van der Waals surface area (Å²) in [5, 5.41) is 8.30. The Morgan fingerprint density at radius 2 is 2.33 bits per heavy atom. The van der Waals surface area contributed by atoms with Crippen molar-refractivity contribution in [2.45, 2.75) is 6.92 Å². The SMILES string of the molecule is Cc1nc(Cl)c(C(=O)O)cc1F. The fourth-order valence-electron chi connectivity index (χ4n) is 0.702. The van der Waals surface area contributed by atoms with Crippen LogP contribution in [0.5, 0.6) is 0 Å². The molecule has 0 aliphatic heterocycles. The van der Waals surface area contributed by atoms with Gasteiger partial charge in [0.25, 0.3) is 0 Å². The Labute approximate surface area is 72.8 Å². The van der Waals surface area contributed by atoms with Crippen molar-refractivity contribution in [1.29, 1.82) is 0 Å². The lowest BCUT2D eigenvalue weighted by molar-refractivity contribution is 0.0696. The molecule has 1 rings (SSSR count). The zero-order valence-corrected chi connectivity index (χ0v) is 6.89. The molecule has 64 valence electrons. The van der Waals surface area contributed by atoms with Crippen LogP contribution in [0.25, 0.3) is 0 Å². The van der Waals surface area contributed by atoms with Crippen molar-refractivity contribution in [1.82, 2.24) is 4.98 Å². The largest absolute Gasteiger partial charge is 0.478 e. The first-order chi connectivity index (χ1) is 5.52. The van der Waals surface area contributed by atoms with Gasteiger partial charge >= 0.3 is 5.97 Å². The highest BCUT2D eigenvalue weighted by atomic mass is 35.5. The van der Waals surface area contributed by atoms with E-state index in [0.29, 0.717) is 0 Å². The first-order valence-corrected chi connectivity index (χ1v) is 3.46. The first-order valence-electron chi connectivity index (χ1n) is 3.08. The van der Waals surface area contributed by atoms with Gasteiger partial charge in [-0.1, -0.05) is 11.6 Å². The van der Waals surface area contributed by atoms with Crippen molar-refractivity contribution >= 4 is 17.6 Å². The normalized spacial score (nSPS) is 9.92. The quantitative estimate of drug-likeness (QED) is 0.687. The van der Waals surface area contributed by atoms with E-state index in [4.69, 9.17) is 16.7 Å². The third-order valence-electron chi connectivity index (χ3n) is 1.34. The van der Waals surface area contributed by atoms with Gasteiger partial charge in [0.15, 0.2) is 0 Å². The molecule has 0 bridgehead atoms. The molecular weight excluding hydrogens is 185 g/mol. The van der Waals surface area contributed by atoms with Crippen LogP contribution in [0.3, 0.4) is 0 Å². The third-order valence-corrected chi connectivity index (χ3v) is 1.62. The summed E-state index contributed by atoms with van der Waals surface area (Å²) in [7, 11) is 0. The molecule has 0 fully saturated rings. The number of hydrogen-bond donors (Lipinski definition) is 1. The van der Waals surface area contributed by atoms with Crippen molar-refractivity contribution in [3.8, 4) is 0 Å². The second-order valence-electron chi connectivity index (χ2n) is 2.20. The van der Waals surface area contributed by atoms with Gasteiger partial charge in [-0.05, 0) is 13.0 Å². The highest BCUT2D eigenvalue weighted by Gasteiger charge is 2.12. The predicted octanol–water partition coefficient (Wildman–Crippen LogP) is 1.88. The molecule has 12 heavy (non-hydrogen) atoms. The number of hydrogen-bond acceptors (Lipinski definition) is 2. The summed E-state index contributed by atoms with van der Waals surface area (Å²) in [5.74, 6) is -1.96. The fraction of sp³-hybridized carbons (Fsp3) is 0.143. The minimum atomic E-state index is -1.29. The van der Waals surface area contributed by atoms with Crippen LogP contribution in [0.2, 0.25) is 5.15 Å². The van der Waals surface area contributed by atoms with E-state index in [2.05, 4.69) is 4.98 Å². The molecular formula is C7H5ClFNO2. The Morgan fingerprint density at radius 3 is 2.83 bits per heavy atom. The average molecular weight is 190 g/mol. The van der Waals surface area contributed by atoms with E-state index >= 15 is 0 Å². The summed E-state index contributed by atoms with van der Waals surface area (Å²) in [6.45, 7) is 1.41. The number of aromatic carboxylic acids is 1. The van der Waals surface area contributed by atoms with Crippen LogP contribution in [0.1, 0.15) is 16.1 Å². The van der Waals surface area contributed by atoms with Crippen LogP contribution in [-0.4, -0.2) is 16.1 Å². The van der Waals surface area contributed by atoms with E-state index in [1.807, 2.05) is 0 Å². The Kier molecular flexibility index (Phi) is 2.28. The van der Waals surface area contributed by atoms with E-state index in [9.17, 15) is 9.18 Å².